The van der Waals surface area contributed by atoms with Crippen LogP contribution < -0.4 is 0 Å². The van der Waals surface area contributed by atoms with Gasteiger partial charge in [-0.15, -0.1) is 0 Å². The van der Waals surface area contributed by atoms with Crippen LogP contribution in [-0.4, -0.2) is 38.3 Å². The Morgan fingerprint density at radius 2 is 1.31 bits per heavy atom. The van der Waals surface area contributed by atoms with Gasteiger partial charge in [0.1, 0.15) is 0 Å². The Morgan fingerprint density at radius 3 is 1.44 bits per heavy atom. The number of rotatable bonds is 5. The molecule has 0 aromatic rings. The third kappa shape index (κ3) is 14.5. The molecule has 0 unspecified atom stereocenters. The molecule has 0 saturated carbocycles. The number of allylic oxidation sites excluding steroid dienone is 1. The van der Waals surface area contributed by atoms with E-state index in [0.29, 0.717) is 6.42 Å². The first-order valence-electron chi connectivity index (χ1n) is 4.37. The molecular formula is C9H14O7. The predicted octanol–water partition coefficient (Wildman–Crippen LogP) is 0.859. The van der Waals surface area contributed by atoms with E-state index in [1.54, 1.807) is 6.92 Å². The molecular weight excluding hydrogens is 220 g/mol. The van der Waals surface area contributed by atoms with Gasteiger partial charge in [-0.3, -0.25) is 9.59 Å². The lowest BCUT2D eigenvalue weighted by atomic mass is 10.3. The monoisotopic (exact) mass is 234 g/mol. The summed E-state index contributed by atoms with van der Waals surface area (Å²) in [6.45, 7) is 1.75. The van der Waals surface area contributed by atoms with Crippen molar-refractivity contribution < 1.29 is 34.8 Å². The van der Waals surface area contributed by atoms with Crippen molar-refractivity contribution in [2.75, 3.05) is 0 Å². The van der Waals surface area contributed by atoms with Crippen LogP contribution in [0.1, 0.15) is 26.2 Å². The molecule has 0 fully saturated rings. The molecule has 7 nitrogen and oxygen atoms in total. The minimum absolute atomic E-state index is 0.296. The molecule has 0 aliphatic heterocycles. The van der Waals surface area contributed by atoms with Crippen LogP contribution >= 0.6 is 0 Å². The Balaban J connectivity index is 0. The van der Waals surface area contributed by atoms with E-state index >= 15 is 0 Å². The minimum atomic E-state index is -1.27. The molecule has 92 valence electrons. The molecule has 0 bridgehead atoms. The topological polar surface area (TPSA) is 132 Å². The van der Waals surface area contributed by atoms with Crippen LogP contribution in [0.3, 0.4) is 0 Å². The second kappa shape index (κ2) is 9.50. The zero-order chi connectivity index (χ0) is 13.1. The van der Waals surface area contributed by atoms with Crippen molar-refractivity contribution in [3.63, 3.8) is 0 Å². The number of carbonyl (C=O) groups is 3. The average molecular weight is 234 g/mol. The third-order valence-electron chi connectivity index (χ3n) is 1.17. The summed E-state index contributed by atoms with van der Waals surface area (Å²) in [5.74, 6) is -4.00. The fourth-order valence-corrected chi connectivity index (χ4v) is 0.495. The number of hydrogen-bond acceptors (Lipinski definition) is 4. The normalized spacial score (nSPS) is 9.94. The lowest BCUT2D eigenvalue weighted by Crippen LogP contribution is -2.00. The van der Waals surface area contributed by atoms with Gasteiger partial charge in [-0.1, -0.05) is 6.92 Å². The molecule has 0 aromatic carbocycles. The maximum Gasteiger partial charge on any atom is 0.370 e. The van der Waals surface area contributed by atoms with Gasteiger partial charge in [-0.25, -0.2) is 4.79 Å². The first-order chi connectivity index (χ1) is 7.31. The van der Waals surface area contributed by atoms with E-state index < -0.39 is 23.7 Å². The van der Waals surface area contributed by atoms with E-state index in [2.05, 4.69) is 0 Å². The first kappa shape index (κ1) is 16.4. The molecule has 0 heterocycles. The number of carboxylic acids is 3. The first-order valence-corrected chi connectivity index (χ1v) is 4.37. The molecule has 16 heavy (non-hydrogen) atoms. The molecule has 0 rings (SSSR count). The summed E-state index contributed by atoms with van der Waals surface area (Å²) in [5, 5.41) is 32.2. The molecule has 0 spiro atoms. The highest BCUT2D eigenvalue weighted by Gasteiger charge is 2.00. The van der Waals surface area contributed by atoms with Crippen LogP contribution in [-0.2, 0) is 14.4 Å². The molecule has 0 aromatic heterocycles. The zero-order valence-electron chi connectivity index (χ0n) is 8.71. The van der Waals surface area contributed by atoms with Crippen LogP contribution in [0, 0.1) is 0 Å². The molecule has 0 saturated heterocycles. The molecule has 7 heteroatoms. The number of aliphatic hydroxyl groups excluding tert-OH is 1. The summed E-state index contributed by atoms with van der Waals surface area (Å²) in [7, 11) is 0. The standard InChI is InChI=1S/C5H8O3.C4H6O4/c1-2-3-4(6)5(7)8;5-3(6)1-2-4(7)8/h3,6H,2H2,1H3,(H,7,8);1-2H2,(H,5,6)(H,7,8)/b4-3-;. The quantitative estimate of drug-likeness (QED) is 0.409. The van der Waals surface area contributed by atoms with Crippen molar-refractivity contribution in [1.82, 2.24) is 0 Å². The van der Waals surface area contributed by atoms with E-state index in [4.69, 9.17) is 20.4 Å². The highest BCUT2D eigenvalue weighted by molar-refractivity contribution is 5.83. The number of carboxylic acid groups (broad SMARTS) is 3. The smallest absolute Gasteiger partial charge is 0.370 e. The van der Waals surface area contributed by atoms with Gasteiger partial charge in [-0.05, 0) is 12.5 Å². The summed E-state index contributed by atoms with van der Waals surface area (Å²) >= 11 is 0. The Morgan fingerprint density at radius 1 is 0.938 bits per heavy atom. The maximum absolute atomic E-state index is 9.77. The summed E-state index contributed by atoms with van der Waals surface area (Å²) in [5.41, 5.74) is 0. The summed E-state index contributed by atoms with van der Waals surface area (Å²) < 4.78 is 0. The average Bonchev–Trinajstić information content (AvgIpc) is 2.16. The van der Waals surface area contributed by atoms with Crippen LogP contribution in [0.5, 0.6) is 0 Å². The Labute approximate surface area is 91.6 Å². The lowest BCUT2D eigenvalue weighted by molar-refractivity contribution is -0.143. The van der Waals surface area contributed by atoms with Gasteiger partial charge in [0.15, 0.2) is 5.76 Å². The van der Waals surface area contributed by atoms with E-state index in [9.17, 15) is 14.4 Å². The fraction of sp³-hybridized carbons (Fsp3) is 0.444. The maximum atomic E-state index is 9.77. The molecule has 4 N–H and O–H groups in total. The van der Waals surface area contributed by atoms with Gasteiger partial charge >= 0.3 is 17.9 Å². The highest BCUT2D eigenvalue weighted by atomic mass is 16.4. The number of aliphatic hydroxyl groups is 1. The molecule has 0 radical (unpaired) electrons. The van der Waals surface area contributed by atoms with Crippen molar-refractivity contribution in [2.45, 2.75) is 26.2 Å². The lowest BCUT2D eigenvalue weighted by Gasteiger charge is -1.86. The predicted molar refractivity (Wildman–Crippen MR) is 53.1 cm³/mol. The summed E-state index contributed by atoms with van der Waals surface area (Å²) in [6, 6.07) is 0. The van der Waals surface area contributed by atoms with Gasteiger partial charge in [-0.2, -0.15) is 0 Å². The Bertz CT molecular complexity index is 266. The molecule has 0 atom stereocenters. The second-order valence-corrected chi connectivity index (χ2v) is 2.59. The van der Waals surface area contributed by atoms with Crippen molar-refractivity contribution in [3.05, 3.63) is 11.8 Å². The highest BCUT2D eigenvalue weighted by Crippen LogP contribution is 1.89. The number of aliphatic carboxylic acids is 3. The van der Waals surface area contributed by atoms with Gasteiger partial charge in [0, 0.05) is 0 Å². The Hall–Kier alpha value is -2.05. The largest absolute Gasteiger partial charge is 0.502 e. The van der Waals surface area contributed by atoms with E-state index in [1.165, 1.54) is 6.08 Å². The van der Waals surface area contributed by atoms with Gasteiger partial charge in [0.25, 0.3) is 0 Å². The van der Waals surface area contributed by atoms with Crippen molar-refractivity contribution in [1.29, 1.82) is 0 Å². The fourth-order valence-electron chi connectivity index (χ4n) is 0.495. The molecule has 0 aliphatic rings. The minimum Gasteiger partial charge on any atom is -0.502 e. The second-order valence-electron chi connectivity index (χ2n) is 2.59. The molecule has 0 aliphatic carbocycles. The van der Waals surface area contributed by atoms with E-state index in [1.807, 2.05) is 0 Å². The van der Waals surface area contributed by atoms with Crippen LogP contribution in [0.25, 0.3) is 0 Å². The summed E-state index contributed by atoms with van der Waals surface area (Å²) in [4.78, 5) is 29.1. The van der Waals surface area contributed by atoms with E-state index in [-0.39, 0.29) is 12.8 Å². The van der Waals surface area contributed by atoms with Crippen LogP contribution in [0.2, 0.25) is 0 Å². The van der Waals surface area contributed by atoms with Gasteiger partial charge in [0.05, 0.1) is 12.8 Å². The van der Waals surface area contributed by atoms with Crippen molar-refractivity contribution in [3.8, 4) is 0 Å². The SMILES string of the molecule is CC/C=C(\O)C(=O)O.O=C(O)CCC(=O)O. The van der Waals surface area contributed by atoms with Crippen molar-refractivity contribution in [2.24, 2.45) is 0 Å². The Kier molecular flexibility index (Phi) is 9.73. The molecule has 0 amide bonds. The van der Waals surface area contributed by atoms with E-state index in [0.717, 1.165) is 0 Å². The van der Waals surface area contributed by atoms with Crippen molar-refractivity contribution >= 4 is 17.9 Å². The third-order valence-corrected chi connectivity index (χ3v) is 1.17. The number of hydrogen-bond donors (Lipinski definition) is 4. The van der Waals surface area contributed by atoms with Crippen LogP contribution in [0.15, 0.2) is 11.8 Å². The zero-order valence-corrected chi connectivity index (χ0v) is 8.71. The van der Waals surface area contributed by atoms with Gasteiger partial charge in [0.2, 0.25) is 0 Å². The van der Waals surface area contributed by atoms with Gasteiger partial charge < -0.3 is 20.4 Å². The van der Waals surface area contributed by atoms with Crippen LogP contribution in [0.4, 0.5) is 0 Å². The summed E-state index contributed by atoms with van der Waals surface area (Å²) in [6.07, 6.45) is 1.19.